The van der Waals surface area contributed by atoms with Crippen LogP contribution in [0.3, 0.4) is 0 Å². The fraction of sp³-hybridized carbons (Fsp3) is 0.529. The maximum Gasteiger partial charge on any atom is 0.221 e. The van der Waals surface area contributed by atoms with Crippen molar-refractivity contribution in [3.63, 3.8) is 0 Å². The lowest BCUT2D eigenvalue weighted by molar-refractivity contribution is -0.114. The van der Waals surface area contributed by atoms with Gasteiger partial charge in [0.25, 0.3) is 0 Å². The van der Waals surface area contributed by atoms with Gasteiger partial charge in [-0.15, -0.1) is 0 Å². The lowest BCUT2D eigenvalue weighted by Crippen LogP contribution is -2.41. The molecule has 1 aliphatic heterocycles. The Bertz CT molecular complexity index is 571. The van der Waals surface area contributed by atoms with Gasteiger partial charge in [-0.3, -0.25) is 9.59 Å². The van der Waals surface area contributed by atoms with Gasteiger partial charge in [0.2, 0.25) is 5.91 Å². The second-order valence-corrected chi connectivity index (χ2v) is 6.19. The van der Waals surface area contributed by atoms with Crippen LogP contribution < -0.4 is 10.1 Å². The second kappa shape index (κ2) is 5.51. The maximum atomic E-state index is 12.5. The summed E-state index contributed by atoms with van der Waals surface area (Å²) in [6, 6.07) is 5.33. The minimum atomic E-state index is -0.296. The molecule has 0 bridgehead atoms. The van der Waals surface area contributed by atoms with E-state index in [4.69, 9.17) is 4.74 Å². The van der Waals surface area contributed by atoms with Gasteiger partial charge in [0, 0.05) is 12.6 Å². The molecule has 21 heavy (non-hydrogen) atoms. The first-order valence-electron chi connectivity index (χ1n) is 7.72. The van der Waals surface area contributed by atoms with E-state index in [2.05, 4.69) is 5.32 Å². The first-order chi connectivity index (χ1) is 10.1. The lowest BCUT2D eigenvalue weighted by atomic mass is 9.84. The number of carbonyl (C=O) groups excluding carboxylic acids is 2. The van der Waals surface area contributed by atoms with Crippen LogP contribution in [0.5, 0.6) is 5.75 Å². The predicted octanol–water partition coefficient (Wildman–Crippen LogP) is 3.70. The Labute approximate surface area is 124 Å². The molecular weight excluding hydrogens is 266 g/mol. The molecule has 1 aromatic rings. The van der Waals surface area contributed by atoms with Crippen molar-refractivity contribution in [3.8, 4) is 5.75 Å². The predicted molar refractivity (Wildman–Crippen MR) is 80.8 cm³/mol. The van der Waals surface area contributed by atoms with Gasteiger partial charge < -0.3 is 10.1 Å². The van der Waals surface area contributed by atoms with Crippen LogP contribution in [-0.4, -0.2) is 17.3 Å². The summed E-state index contributed by atoms with van der Waals surface area (Å²) in [6.07, 6.45) is 7.11. The third-order valence-corrected chi connectivity index (χ3v) is 4.42. The van der Waals surface area contributed by atoms with E-state index >= 15 is 0 Å². The molecule has 1 heterocycles. The van der Waals surface area contributed by atoms with Gasteiger partial charge in [0.15, 0.2) is 5.78 Å². The minimum Gasteiger partial charge on any atom is -0.486 e. The van der Waals surface area contributed by atoms with Gasteiger partial charge in [-0.25, -0.2) is 0 Å². The summed E-state index contributed by atoms with van der Waals surface area (Å²) in [4.78, 5) is 23.6. The summed E-state index contributed by atoms with van der Waals surface area (Å²) in [7, 11) is 0. The summed E-state index contributed by atoms with van der Waals surface area (Å²) in [5, 5.41) is 2.71. The zero-order valence-electron chi connectivity index (χ0n) is 12.4. The molecule has 1 saturated carbocycles. The highest BCUT2D eigenvalue weighted by molar-refractivity contribution is 6.02. The van der Waals surface area contributed by atoms with Crippen LogP contribution in [-0.2, 0) is 4.79 Å². The summed E-state index contributed by atoms with van der Waals surface area (Å²) in [6.45, 7) is 1.46. The van der Waals surface area contributed by atoms with Crippen molar-refractivity contribution in [1.82, 2.24) is 0 Å². The maximum absolute atomic E-state index is 12.5. The number of ketones is 1. The number of Topliss-reactive ketones (excluding diaryl/α,β-unsaturated/α-hetero) is 1. The van der Waals surface area contributed by atoms with Crippen molar-refractivity contribution in [3.05, 3.63) is 23.8 Å². The molecular formula is C17H21NO3. The lowest BCUT2D eigenvalue weighted by Gasteiger charge is -2.37. The molecule has 1 aromatic carbocycles. The van der Waals surface area contributed by atoms with E-state index in [1.165, 1.54) is 19.8 Å². The molecule has 0 unspecified atom stereocenters. The van der Waals surface area contributed by atoms with Crippen LogP contribution in [0.25, 0.3) is 0 Å². The fourth-order valence-corrected chi connectivity index (χ4v) is 3.43. The Morgan fingerprint density at radius 3 is 2.57 bits per heavy atom. The van der Waals surface area contributed by atoms with E-state index in [0.717, 1.165) is 25.7 Å². The second-order valence-electron chi connectivity index (χ2n) is 6.19. The minimum absolute atomic E-state index is 0.130. The third kappa shape index (κ3) is 2.94. The van der Waals surface area contributed by atoms with E-state index in [1.807, 2.05) is 6.07 Å². The summed E-state index contributed by atoms with van der Waals surface area (Å²) in [5.41, 5.74) is 0.946. The third-order valence-electron chi connectivity index (χ3n) is 4.42. The van der Waals surface area contributed by atoms with Gasteiger partial charge in [-0.05, 0) is 43.9 Å². The van der Waals surface area contributed by atoms with Gasteiger partial charge in [-0.1, -0.05) is 12.8 Å². The summed E-state index contributed by atoms with van der Waals surface area (Å²) in [5.74, 6) is 0.659. The first-order valence-corrected chi connectivity index (χ1v) is 7.72. The number of hydrogen-bond donors (Lipinski definition) is 1. The number of ether oxygens (including phenoxy) is 1. The molecule has 1 amide bonds. The molecule has 2 aliphatic rings. The zero-order chi connectivity index (χ0) is 14.9. The van der Waals surface area contributed by atoms with E-state index < -0.39 is 0 Å². The number of rotatable bonds is 1. The number of anilines is 1. The molecule has 112 valence electrons. The Balaban J connectivity index is 1.88. The largest absolute Gasteiger partial charge is 0.486 e. The normalized spacial score (nSPS) is 20.3. The van der Waals surface area contributed by atoms with Gasteiger partial charge >= 0.3 is 0 Å². The molecule has 0 aromatic heterocycles. The summed E-state index contributed by atoms with van der Waals surface area (Å²) >= 11 is 0. The monoisotopic (exact) mass is 287 g/mol. The SMILES string of the molecule is CC(=O)Nc1ccc2c(c1)C(=O)CC1(CCCCCC1)O2. The number of fused-ring (bicyclic) bond motifs is 1. The van der Waals surface area contributed by atoms with Crippen LogP contribution >= 0.6 is 0 Å². The van der Waals surface area contributed by atoms with Gasteiger partial charge in [-0.2, -0.15) is 0 Å². The van der Waals surface area contributed by atoms with Crippen LogP contribution in [0.15, 0.2) is 18.2 Å². The molecule has 4 heteroatoms. The zero-order valence-corrected chi connectivity index (χ0v) is 12.4. The highest BCUT2D eigenvalue weighted by Crippen LogP contribution is 2.41. The van der Waals surface area contributed by atoms with Crippen molar-refractivity contribution in [2.75, 3.05) is 5.32 Å². The Morgan fingerprint density at radius 1 is 1.19 bits per heavy atom. The van der Waals surface area contributed by atoms with E-state index in [9.17, 15) is 9.59 Å². The Hall–Kier alpha value is -1.84. The molecule has 0 saturated heterocycles. The fourth-order valence-electron chi connectivity index (χ4n) is 3.43. The van der Waals surface area contributed by atoms with Crippen LogP contribution in [0.2, 0.25) is 0 Å². The van der Waals surface area contributed by atoms with Crippen LogP contribution in [0.4, 0.5) is 5.69 Å². The smallest absolute Gasteiger partial charge is 0.221 e. The standard InChI is InChI=1S/C17H21NO3/c1-12(19)18-13-6-7-16-14(10-13)15(20)11-17(21-16)8-4-2-3-5-9-17/h6-7,10H,2-5,8-9,11H2,1H3,(H,18,19). The highest BCUT2D eigenvalue weighted by atomic mass is 16.5. The molecule has 3 rings (SSSR count). The molecule has 0 radical (unpaired) electrons. The Kier molecular flexibility index (Phi) is 3.70. The quantitative estimate of drug-likeness (QED) is 0.856. The van der Waals surface area contributed by atoms with Crippen LogP contribution in [0, 0.1) is 0 Å². The molecule has 1 fully saturated rings. The molecule has 1 aliphatic carbocycles. The van der Waals surface area contributed by atoms with E-state index in [0.29, 0.717) is 23.4 Å². The highest BCUT2D eigenvalue weighted by Gasteiger charge is 2.40. The van der Waals surface area contributed by atoms with Crippen molar-refractivity contribution < 1.29 is 14.3 Å². The number of hydrogen-bond acceptors (Lipinski definition) is 3. The van der Waals surface area contributed by atoms with E-state index in [1.54, 1.807) is 12.1 Å². The van der Waals surface area contributed by atoms with Gasteiger partial charge in [0.1, 0.15) is 11.4 Å². The Morgan fingerprint density at radius 2 is 1.90 bits per heavy atom. The van der Waals surface area contributed by atoms with E-state index in [-0.39, 0.29) is 17.3 Å². The average Bonchev–Trinajstić information content (AvgIpc) is 2.65. The first kappa shape index (κ1) is 14.1. The van der Waals surface area contributed by atoms with Crippen molar-refractivity contribution in [2.45, 2.75) is 57.5 Å². The summed E-state index contributed by atoms with van der Waals surface area (Å²) < 4.78 is 6.24. The van der Waals surface area contributed by atoms with Crippen molar-refractivity contribution >= 4 is 17.4 Å². The van der Waals surface area contributed by atoms with Crippen molar-refractivity contribution in [1.29, 1.82) is 0 Å². The molecule has 0 atom stereocenters. The molecule has 1 spiro atoms. The molecule has 4 nitrogen and oxygen atoms in total. The average molecular weight is 287 g/mol. The van der Waals surface area contributed by atoms with Crippen molar-refractivity contribution in [2.24, 2.45) is 0 Å². The molecule has 1 N–H and O–H groups in total. The van der Waals surface area contributed by atoms with Gasteiger partial charge in [0.05, 0.1) is 12.0 Å². The topological polar surface area (TPSA) is 55.4 Å². The van der Waals surface area contributed by atoms with Crippen LogP contribution in [0.1, 0.15) is 62.2 Å². The number of benzene rings is 1. The number of amides is 1. The number of carbonyl (C=O) groups is 2. The number of nitrogens with one attached hydrogen (secondary N) is 1.